The van der Waals surface area contributed by atoms with E-state index in [2.05, 4.69) is 31.3 Å². The lowest BCUT2D eigenvalue weighted by molar-refractivity contribution is -0.116. The molecule has 1 amide bonds. The molecule has 0 aliphatic carbocycles. The zero-order valence-electron chi connectivity index (χ0n) is 16.2. The third kappa shape index (κ3) is 3.51. The smallest absolute Gasteiger partial charge is 0.244 e. The SMILES string of the molecule is O=C(Cn1c2ccccc2c(=O)c2ccccc21)Nc1cc(Br)ccc1-n1cncn1. The molecular weight excluding hydrogens is 458 g/mol. The molecule has 0 saturated carbocycles. The van der Waals surface area contributed by atoms with E-state index in [4.69, 9.17) is 0 Å². The van der Waals surface area contributed by atoms with Gasteiger partial charge < -0.3 is 9.88 Å². The minimum absolute atomic E-state index is 0.0386. The number of fused-ring (bicyclic) bond motifs is 2. The number of pyridine rings is 1. The molecular formula is C23H16BrN5O2. The van der Waals surface area contributed by atoms with Crippen molar-refractivity contribution >= 4 is 49.3 Å². The topological polar surface area (TPSA) is 81.8 Å². The van der Waals surface area contributed by atoms with Crippen molar-refractivity contribution in [3.8, 4) is 5.69 Å². The maximum absolute atomic E-state index is 13.1. The van der Waals surface area contributed by atoms with Crippen molar-refractivity contribution < 1.29 is 4.79 Å². The third-order valence-electron chi connectivity index (χ3n) is 5.08. The van der Waals surface area contributed by atoms with Gasteiger partial charge in [0.25, 0.3) is 0 Å². The molecule has 2 heterocycles. The monoisotopic (exact) mass is 473 g/mol. The maximum atomic E-state index is 13.1. The average molecular weight is 474 g/mol. The van der Waals surface area contributed by atoms with Crippen molar-refractivity contribution in [1.29, 1.82) is 0 Å². The van der Waals surface area contributed by atoms with Crippen LogP contribution in [0.4, 0.5) is 5.69 Å². The molecule has 3 aromatic carbocycles. The molecule has 1 N–H and O–H groups in total. The van der Waals surface area contributed by atoms with Crippen molar-refractivity contribution in [2.24, 2.45) is 0 Å². The summed E-state index contributed by atoms with van der Waals surface area (Å²) in [5.74, 6) is -0.224. The molecule has 0 spiro atoms. The van der Waals surface area contributed by atoms with Gasteiger partial charge in [-0.2, -0.15) is 5.10 Å². The number of nitrogens with zero attached hydrogens (tertiary/aromatic N) is 4. The van der Waals surface area contributed by atoms with Crippen LogP contribution in [0.3, 0.4) is 0 Å². The molecule has 5 rings (SSSR count). The van der Waals surface area contributed by atoms with Crippen molar-refractivity contribution in [3.05, 3.63) is 94.1 Å². The lowest BCUT2D eigenvalue weighted by Crippen LogP contribution is -2.22. The Balaban J connectivity index is 1.57. The fourth-order valence-electron chi connectivity index (χ4n) is 3.72. The van der Waals surface area contributed by atoms with E-state index in [-0.39, 0.29) is 17.9 Å². The number of halogens is 1. The third-order valence-corrected chi connectivity index (χ3v) is 5.57. The van der Waals surface area contributed by atoms with Crippen molar-refractivity contribution in [3.63, 3.8) is 0 Å². The minimum atomic E-state index is -0.224. The number of para-hydroxylation sites is 2. The van der Waals surface area contributed by atoms with Gasteiger partial charge in [0.2, 0.25) is 5.91 Å². The molecule has 31 heavy (non-hydrogen) atoms. The van der Waals surface area contributed by atoms with Gasteiger partial charge in [0.15, 0.2) is 5.43 Å². The van der Waals surface area contributed by atoms with Gasteiger partial charge in [-0.25, -0.2) is 9.67 Å². The highest BCUT2D eigenvalue weighted by Crippen LogP contribution is 2.25. The summed E-state index contributed by atoms with van der Waals surface area (Å²) in [4.78, 5) is 30.0. The van der Waals surface area contributed by atoms with Crippen molar-refractivity contribution in [2.45, 2.75) is 6.54 Å². The van der Waals surface area contributed by atoms with E-state index in [1.165, 1.54) is 6.33 Å². The first-order chi connectivity index (χ1) is 15.1. The summed E-state index contributed by atoms with van der Waals surface area (Å²) >= 11 is 3.45. The fourth-order valence-corrected chi connectivity index (χ4v) is 4.08. The van der Waals surface area contributed by atoms with Gasteiger partial charge in [-0.3, -0.25) is 9.59 Å². The van der Waals surface area contributed by atoms with Crippen molar-refractivity contribution in [1.82, 2.24) is 19.3 Å². The summed E-state index contributed by atoms with van der Waals surface area (Å²) in [6, 6.07) is 20.2. The molecule has 8 heteroatoms. The largest absolute Gasteiger partial charge is 0.331 e. The number of hydrogen-bond donors (Lipinski definition) is 1. The molecule has 0 bridgehead atoms. The van der Waals surface area contributed by atoms with Gasteiger partial charge in [-0.05, 0) is 42.5 Å². The van der Waals surface area contributed by atoms with E-state index in [1.807, 2.05) is 59.2 Å². The molecule has 5 aromatic rings. The highest BCUT2D eigenvalue weighted by atomic mass is 79.9. The Kier molecular flexibility index (Phi) is 4.83. The number of benzene rings is 3. The summed E-state index contributed by atoms with van der Waals surface area (Å²) in [5.41, 5.74) is 2.69. The Hall–Kier alpha value is -3.78. The van der Waals surface area contributed by atoms with Crippen LogP contribution in [0.2, 0.25) is 0 Å². The van der Waals surface area contributed by atoms with Crippen molar-refractivity contribution in [2.75, 3.05) is 5.32 Å². The van der Waals surface area contributed by atoms with E-state index >= 15 is 0 Å². The predicted molar refractivity (Wildman–Crippen MR) is 123 cm³/mol. The number of carbonyl (C=O) groups is 1. The van der Waals surface area contributed by atoms with Crippen LogP contribution in [0.1, 0.15) is 0 Å². The second-order valence-electron chi connectivity index (χ2n) is 7.00. The highest BCUT2D eigenvalue weighted by Gasteiger charge is 2.15. The molecule has 0 radical (unpaired) electrons. The maximum Gasteiger partial charge on any atom is 0.244 e. The molecule has 0 aliphatic heterocycles. The molecule has 7 nitrogen and oxygen atoms in total. The lowest BCUT2D eigenvalue weighted by atomic mass is 10.1. The van der Waals surface area contributed by atoms with Crippen LogP contribution < -0.4 is 10.7 Å². The van der Waals surface area contributed by atoms with Crippen LogP contribution in [-0.4, -0.2) is 25.2 Å². The van der Waals surface area contributed by atoms with Crippen LogP contribution in [0.5, 0.6) is 0 Å². The number of nitrogens with one attached hydrogen (secondary N) is 1. The van der Waals surface area contributed by atoms with Gasteiger partial charge in [-0.1, -0.05) is 40.2 Å². The number of anilines is 1. The first kappa shape index (κ1) is 19.2. The molecule has 0 fully saturated rings. The molecule has 0 unspecified atom stereocenters. The van der Waals surface area contributed by atoms with Gasteiger partial charge in [-0.15, -0.1) is 0 Å². The predicted octanol–water partition coefficient (Wildman–Crippen LogP) is 4.14. The Labute approximate surface area is 185 Å². The summed E-state index contributed by atoms with van der Waals surface area (Å²) in [5, 5.41) is 8.30. The molecule has 0 aliphatic rings. The normalized spacial score (nSPS) is 11.1. The van der Waals surface area contributed by atoms with Crippen LogP contribution in [0.15, 0.2) is 88.7 Å². The van der Waals surface area contributed by atoms with E-state index < -0.39 is 0 Å². The second-order valence-corrected chi connectivity index (χ2v) is 7.91. The first-order valence-electron chi connectivity index (χ1n) is 9.56. The van der Waals surface area contributed by atoms with E-state index in [0.29, 0.717) is 33.2 Å². The molecule has 152 valence electrons. The Morgan fingerprint density at radius 3 is 2.29 bits per heavy atom. The molecule has 0 atom stereocenters. The fraction of sp³-hybridized carbons (Fsp3) is 0.0435. The van der Waals surface area contributed by atoms with Crippen LogP contribution >= 0.6 is 15.9 Å². The van der Waals surface area contributed by atoms with Gasteiger partial charge in [0.1, 0.15) is 19.2 Å². The highest BCUT2D eigenvalue weighted by molar-refractivity contribution is 9.10. The minimum Gasteiger partial charge on any atom is -0.331 e. The van der Waals surface area contributed by atoms with Crippen LogP contribution in [0, 0.1) is 0 Å². The van der Waals surface area contributed by atoms with Gasteiger partial charge >= 0.3 is 0 Å². The Bertz CT molecular complexity index is 1430. The number of carbonyl (C=O) groups excluding carboxylic acids is 1. The number of amides is 1. The summed E-state index contributed by atoms with van der Waals surface area (Å²) in [6.45, 7) is 0.0462. The molecule has 0 saturated heterocycles. The van der Waals surface area contributed by atoms with Crippen LogP contribution in [-0.2, 0) is 11.3 Å². The number of hydrogen-bond acceptors (Lipinski definition) is 4. The number of rotatable bonds is 4. The Morgan fingerprint density at radius 1 is 0.968 bits per heavy atom. The first-order valence-corrected chi connectivity index (χ1v) is 10.4. The second kappa shape index (κ2) is 7.81. The summed E-state index contributed by atoms with van der Waals surface area (Å²) < 4.78 is 4.28. The lowest BCUT2D eigenvalue weighted by Gasteiger charge is -2.16. The van der Waals surface area contributed by atoms with Gasteiger partial charge in [0, 0.05) is 15.2 Å². The standard InChI is InChI=1S/C23H16BrN5O2/c24-15-9-10-21(29-14-25-13-26-29)18(11-15)27-22(30)12-28-19-7-3-1-5-16(19)23(31)17-6-2-4-8-20(17)28/h1-11,13-14H,12H2,(H,27,30). The molecule has 2 aromatic heterocycles. The van der Waals surface area contributed by atoms with E-state index in [1.54, 1.807) is 23.1 Å². The van der Waals surface area contributed by atoms with Crippen LogP contribution in [0.25, 0.3) is 27.5 Å². The summed E-state index contributed by atoms with van der Waals surface area (Å²) in [7, 11) is 0. The zero-order valence-corrected chi connectivity index (χ0v) is 17.8. The van der Waals surface area contributed by atoms with Gasteiger partial charge in [0.05, 0.1) is 22.4 Å². The summed E-state index contributed by atoms with van der Waals surface area (Å²) in [6.07, 6.45) is 3.01. The quantitative estimate of drug-likeness (QED) is 0.397. The Morgan fingerprint density at radius 2 is 1.65 bits per heavy atom. The average Bonchev–Trinajstić information content (AvgIpc) is 3.31. The van der Waals surface area contributed by atoms with E-state index in [0.717, 1.165) is 4.47 Å². The zero-order chi connectivity index (χ0) is 21.4. The van der Waals surface area contributed by atoms with E-state index in [9.17, 15) is 9.59 Å². The number of aromatic nitrogens is 4.